The fourth-order valence-electron chi connectivity index (χ4n) is 5.72. The molecule has 1 fully saturated rings. The van der Waals surface area contributed by atoms with Gasteiger partial charge >= 0.3 is 0 Å². The number of aromatic nitrogens is 5. The van der Waals surface area contributed by atoms with E-state index in [1.165, 1.54) is 18.4 Å². The van der Waals surface area contributed by atoms with E-state index in [0.29, 0.717) is 5.56 Å². The van der Waals surface area contributed by atoms with E-state index in [-0.39, 0.29) is 17.6 Å². The number of nitrogens with one attached hydrogen (secondary N) is 1. The molecule has 6 rings (SSSR count). The maximum atomic E-state index is 13.5. The number of fused-ring (bicyclic) bond motifs is 2. The Labute approximate surface area is 197 Å². The molecule has 0 saturated heterocycles. The number of methoxy groups -OCH3 is 1. The molecule has 0 bridgehead atoms. The maximum absolute atomic E-state index is 13.5. The summed E-state index contributed by atoms with van der Waals surface area (Å²) in [5, 5.41) is 13.9. The Hall–Kier alpha value is -3.68. The van der Waals surface area contributed by atoms with Gasteiger partial charge in [-0.1, -0.05) is 31.0 Å². The topological polar surface area (TPSA) is 88.9 Å². The van der Waals surface area contributed by atoms with E-state index in [1.807, 2.05) is 28.9 Å². The van der Waals surface area contributed by atoms with E-state index in [9.17, 15) is 4.79 Å². The molecular weight excluding hydrogens is 428 g/mol. The first-order valence-corrected chi connectivity index (χ1v) is 12.0. The van der Waals surface area contributed by atoms with Crippen LogP contribution in [0.4, 0.5) is 5.69 Å². The monoisotopic (exact) mass is 456 g/mol. The number of hydrogen-bond donors (Lipinski definition) is 1. The Kier molecular flexibility index (Phi) is 5.08. The highest BCUT2D eigenvalue weighted by Crippen LogP contribution is 2.42. The van der Waals surface area contributed by atoms with Gasteiger partial charge in [-0.2, -0.15) is 0 Å². The van der Waals surface area contributed by atoms with Gasteiger partial charge in [-0.05, 0) is 72.5 Å². The van der Waals surface area contributed by atoms with Gasteiger partial charge in [0, 0.05) is 28.2 Å². The highest BCUT2D eigenvalue weighted by Gasteiger charge is 2.39. The summed E-state index contributed by atoms with van der Waals surface area (Å²) in [5.74, 6) is 1.47. The van der Waals surface area contributed by atoms with Gasteiger partial charge in [0.1, 0.15) is 11.8 Å². The van der Waals surface area contributed by atoms with Gasteiger partial charge in [-0.25, -0.2) is 4.68 Å². The molecule has 2 aromatic carbocycles. The van der Waals surface area contributed by atoms with Crippen molar-refractivity contribution in [2.24, 2.45) is 0 Å². The lowest BCUT2D eigenvalue weighted by Crippen LogP contribution is -2.39. The number of ether oxygens (including phenoxy) is 1. The molecule has 1 N–H and O–H groups in total. The van der Waals surface area contributed by atoms with Gasteiger partial charge in [0.15, 0.2) is 5.82 Å². The van der Waals surface area contributed by atoms with Gasteiger partial charge in [-0.15, -0.1) is 5.10 Å². The second kappa shape index (κ2) is 8.27. The van der Waals surface area contributed by atoms with Crippen LogP contribution in [0.5, 0.6) is 5.75 Å². The van der Waals surface area contributed by atoms with Gasteiger partial charge in [0.05, 0.1) is 13.2 Å². The van der Waals surface area contributed by atoms with E-state index in [1.54, 1.807) is 7.11 Å². The number of nitrogens with zero attached hydrogens (tertiary/aromatic N) is 5. The molecule has 4 aromatic rings. The lowest BCUT2D eigenvalue weighted by molar-refractivity contribution is 0.415. The quantitative estimate of drug-likeness (QED) is 0.485. The van der Waals surface area contributed by atoms with Crippen molar-refractivity contribution >= 4 is 16.6 Å². The molecule has 3 heterocycles. The summed E-state index contributed by atoms with van der Waals surface area (Å²) < 4.78 is 7.41. The van der Waals surface area contributed by atoms with Crippen molar-refractivity contribution < 1.29 is 4.74 Å². The molecule has 1 aliphatic heterocycles. The standard InChI is InChI=1S/C26H28N6O2/c1-16-13-17-7-3-6-10-23(17)31(16)24(25-28-29-30-32(25)19-8-4-5-9-19)21-15-18-14-20(34-2)11-12-22(18)27-26(21)33/h3,6-7,10-12,14-16,19,24H,4-5,8-9,13H2,1-2H3,(H,27,33). The minimum atomic E-state index is -0.409. The van der Waals surface area contributed by atoms with Crippen molar-refractivity contribution in [3.63, 3.8) is 0 Å². The van der Waals surface area contributed by atoms with Crippen molar-refractivity contribution in [1.82, 2.24) is 25.2 Å². The molecule has 0 amide bonds. The van der Waals surface area contributed by atoms with Crippen LogP contribution in [0.15, 0.2) is 53.3 Å². The summed E-state index contributed by atoms with van der Waals surface area (Å²) in [6.07, 6.45) is 5.38. The lowest BCUT2D eigenvalue weighted by atomic mass is 10.0. The average molecular weight is 457 g/mol. The molecule has 2 aliphatic rings. The first-order valence-electron chi connectivity index (χ1n) is 12.0. The molecule has 8 heteroatoms. The molecule has 1 saturated carbocycles. The summed E-state index contributed by atoms with van der Waals surface area (Å²) in [4.78, 5) is 19.0. The van der Waals surface area contributed by atoms with Crippen molar-refractivity contribution in [3.8, 4) is 5.75 Å². The third-order valence-corrected chi connectivity index (χ3v) is 7.35. The zero-order chi connectivity index (χ0) is 23.2. The zero-order valence-corrected chi connectivity index (χ0v) is 19.4. The van der Waals surface area contributed by atoms with E-state index in [2.05, 4.69) is 56.6 Å². The summed E-state index contributed by atoms with van der Waals surface area (Å²) in [6, 6.07) is 16.1. The zero-order valence-electron chi connectivity index (χ0n) is 19.4. The highest BCUT2D eigenvalue weighted by atomic mass is 16.5. The molecule has 0 spiro atoms. The number of para-hydroxylation sites is 1. The number of aromatic amines is 1. The second-order valence-electron chi connectivity index (χ2n) is 9.42. The maximum Gasteiger partial charge on any atom is 0.254 e. The minimum absolute atomic E-state index is 0.125. The number of tetrazole rings is 1. The van der Waals surface area contributed by atoms with Crippen LogP contribution in [0.25, 0.3) is 10.9 Å². The van der Waals surface area contributed by atoms with Gasteiger partial charge in [0.2, 0.25) is 0 Å². The first-order chi connectivity index (χ1) is 16.6. The highest BCUT2D eigenvalue weighted by molar-refractivity contribution is 5.81. The van der Waals surface area contributed by atoms with E-state index in [4.69, 9.17) is 4.74 Å². The molecule has 2 atom stereocenters. The Morgan fingerprint density at radius 2 is 1.94 bits per heavy atom. The summed E-state index contributed by atoms with van der Waals surface area (Å²) in [6.45, 7) is 2.20. The minimum Gasteiger partial charge on any atom is -0.497 e. The largest absolute Gasteiger partial charge is 0.497 e. The number of benzene rings is 2. The Morgan fingerprint density at radius 1 is 1.12 bits per heavy atom. The first kappa shape index (κ1) is 20.9. The van der Waals surface area contributed by atoms with Crippen molar-refractivity contribution in [3.05, 3.63) is 75.8 Å². The van der Waals surface area contributed by atoms with Crippen LogP contribution in [0.1, 0.15) is 61.6 Å². The van der Waals surface area contributed by atoms with Gasteiger partial charge in [-0.3, -0.25) is 4.79 Å². The number of pyridine rings is 1. The second-order valence-corrected chi connectivity index (χ2v) is 9.42. The van der Waals surface area contributed by atoms with Crippen LogP contribution in [0.2, 0.25) is 0 Å². The average Bonchev–Trinajstić information content (AvgIpc) is 3.60. The van der Waals surface area contributed by atoms with Crippen LogP contribution < -0.4 is 15.2 Å². The van der Waals surface area contributed by atoms with Crippen LogP contribution in [-0.2, 0) is 6.42 Å². The molecule has 2 aromatic heterocycles. The van der Waals surface area contributed by atoms with Crippen LogP contribution in [0.3, 0.4) is 0 Å². The number of rotatable bonds is 5. The molecular formula is C26H28N6O2. The van der Waals surface area contributed by atoms with E-state index < -0.39 is 6.04 Å². The SMILES string of the molecule is COc1ccc2[nH]c(=O)c(C(c3nnnn3C3CCCC3)N3c4ccccc4CC3C)cc2c1. The van der Waals surface area contributed by atoms with Gasteiger partial charge in [0.25, 0.3) is 5.56 Å². The fraction of sp³-hybridized carbons (Fsp3) is 0.385. The summed E-state index contributed by atoms with van der Waals surface area (Å²) in [5.41, 5.74) is 3.70. The normalized spacial score (nSPS) is 19.0. The molecule has 2 unspecified atom stereocenters. The number of hydrogen-bond acceptors (Lipinski definition) is 6. The van der Waals surface area contributed by atoms with Crippen LogP contribution >= 0.6 is 0 Å². The summed E-state index contributed by atoms with van der Waals surface area (Å²) >= 11 is 0. The number of H-pyrrole nitrogens is 1. The summed E-state index contributed by atoms with van der Waals surface area (Å²) in [7, 11) is 1.65. The van der Waals surface area contributed by atoms with Crippen molar-refractivity contribution in [1.29, 1.82) is 0 Å². The molecule has 174 valence electrons. The third kappa shape index (κ3) is 3.36. The Balaban J connectivity index is 1.58. The van der Waals surface area contributed by atoms with Gasteiger partial charge < -0.3 is 14.6 Å². The van der Waals surface area contributed by atoms with E-state index in [0.717, 1.165) is 47.4 Å². The Morgan fingerprint density at radius 3 is 2.76 bits per heavy atom. The predicted octanol–water partition coefficient (Wildman–Crippen LogP) is 4.18. The van der Waals surface area contributed by atoms with Crippen molar-refractivity contribution in [2.75, 3.05) is 12.0 Å². The molecule has 1 aliphatic carbocycles. The van der Waals surface area contributed by atoms with Crippen molar-refractivity contribution in [2.45, 2.75) is 57.2 Å². The smallest absolute Gasteiger partial charge is 0.254 e. The lowest BCUT2D eigenvalue weighted by Gasteiger charge is -2.34. The molecule has 8 nitrogen and oxygen atoms in total. The van der Waals surface area contributed by atoms with Crippen LogP contribution in [0, 0.1) is 0 Å². The fourth-order valence-corrected chi connectivity index (χ4v) is 5.72. The Bertz CT molecular complexity index is 1400. The predicted molar refractivity (Wildman–Crippen MR) is 130 cm³/mol. The third-order valence-electron chi connectivity index (χ3n) is 7.35. The molecule has 0 radical (unpaired) electrons. The molecule has 34 heavy (non-hydrogen) atoms. The van der Waals surface area contributed by atoms with Crippen LogP contribution in [-0.4, -0.2) is 38.3 Å². The van der Waals surface area contributed by atoms with E-state index >= 15 is 0 Å². The number of anilines is 1.